The highest BCUT2D eigenvalue weighted by Gasteiger charge is 2.26. The first-order chi connectivity index (χ1) is 6.82. The zero-order valence-electron chi connectivity index (χ0n) is 8.71. The molecule has 0 saturated carbocycles. The van der Waals surface area contributed by atoms with Gasteiger partial charge in [0.2, 0.25) is 0 Å². The average molecular weight is 220 g/mol. The summed E-state index contributed by atoms with van der Waals surface area (Å²) in [5, 5.41) is 27.3. The topological polar surface area (TPSA) is 113 Å². The van der Waals surface area contributed by atoms with Crippen LogP contribution in [0.4, 0.5) is 0 Å². The highest BCUT2D eigenvalue weighted by atomic mass is 16.7. The van der Waals surface area contributed by atoms with Crippen molar-refractivity contribution in [3.63, 3.8) is 0 Å². The van der Waals surface area contributed by atoms with Crippen LogP contribution in [0.15, 0.2) is 0 Å². The standard InChI is InChI=1S/C8H16N2O5/c1-5(2)3-6(9-10(14)15)7(11)4-8(12)13/h5-7,9,11H,3-4H2,1-2H3,(H,12,13)/t6-,7-/m0/s1. The summed E-state index contributed by atoms with van der Waals surface area (Å²) in [6.07, 6.45) is -1.41. The van der Waals surface area contributed by atoms with Crippen LogP contribution < -0.4 is 5.43 Å². The first kappa shape index (κ1) is 13.6. The second-order valence-corrected chi connectivity index (χ2v) is 3.79. The minimum Gasteiger partial charge on any atom is -0.481 e. The molecule has 0 aromatic heterocycles. The third-order valence-corrected chi connectivity index (χ3v) is 1.84. The number of aliphatic carboxylic acids is 1. The number of nitrogens with zero attached hydrogens (tertiary/aromatic N) is 1. The third-order valence-electron chi connectivity index (χ3n) is 1.84. The third kappa shape index (κ3) is 6.67. The van der Waals surface area contributed by atoms with E-state index in [1.54, 1.807) is 0 Å². The molecule has 0 aliphatic heterocycles. The molecular formula is C8H16N2O5. The Morgan fingerprint density at radius 2 is 2.07 bits per heavy atom. The van der Waals surface area contributed by atoms with Gasteiger partial charge in [-0.25, -0.2) is 10.1 Å². The molecule has 0 unspecified atom stereocenters. The summed E-state index contributed by atoms with van der Waals surface area (Å²) in [5.74, 6) is -1.05. The number of rotatable bonds is 7. The van der Waals surface area contributed by atoms with Gasteiger partial charge in [0.15, 0.2) is 5.03 Å². The van der Waals surface area contributed by atoms with Gasteiger partial charge < -0.3 is 10.2 Å². The van der Waals surface area contributed by atoms with E-state index in [-0.39, 0.29) is 5.92 Å². The molecule has 0 heterocycles. The normalized spacial score (nSPS) is 14.7. The van der Waals surface area contributed by atoms with Gasteiger partial charge in [-0.2, -0.15) is 0 Å². The van der Waals surface area contributed by atoms with Crippen LogP contribution in [0, 0.1) is 16.0 Å². The Kier molecular flexibility index (Phi) is 5.61. The summed E-state index contributed by atoms with van der Waals surface area (Å²) in [4.78, 5) is 20.5. The Labute approximate surface area is 87.2 Å². The summed E-state index contributed by atoms with van der Waals surface area (Å²) in [6, 6.07) is -0.837. The summed E-state index contributed by atoms with van der Waals surface area (Å²) in [7, 11) is 0. The zero-order chi connectivity index (χ0) is 12.0. The van der Waals surface area contributed by atoms with Crippen molar-refractivity contribution in [2.24, 2.45) is 5.92 Å². The number of hydrogen-bond donors (Lipinski definition) is 3. The van der Waals surface area contributed by atoms with Crippen LogP contribution >= 0.6 is 0 Å². The minimum absolute atomic E-state index is 0.130. The molecule has 0 bridgehead atoms. The van der Waals surface area contributed by atoms with Crippen LogP contribution in [-0.4, -0.2) is 33.4 Å². The Morgan fingerprint density at radius 1 is 1.53 bits per heavy atom. The Hall–Kier alpha value is -1.37. The maximum absolute atomic E-state index is 10.3. The molecule has 0 aliphatic rings. The van der Waals surface area contributed by atoms with Crippen molar-refractivity contribution in [3.05, 3.63) is 10.1 Å². The lowest BCUT2D eigenvalue weighted by Gasteiger charge is -2.20. The van der Waals surface area contributed by atoms with Crippen LogP contribution in [0.25, 0.3) is 0 Å². The van der Waals surface area contributed by atoms with Crippen molar-refractivity contribution < 1.29 is 20.0 Å². The number of nitro groups is 1. The van der Waals surface area contributed by atoms with E-state index in [9.17, 15) is 20.0 Å². The molecule has 0 spiro atoms. The Balaban J connectivity index is 4.32. The Morgan fingerprint density at radius 3 is 2.40 bits per heavy atom. The summed E-state index contributed by atoms with van der Waals surface area (Å²) < 4.78 is 0. The summed E-state index contributed by atoms with van der Waals surface area (Å²) >= 11 is 0. The minimum atomic E-state index is -1.25. The monoisotopic (exact) mass is 220 g/mol. The quantitative estimate of drug-likeness (QED) is 0.411. The summed E-state index contributed by atoms with van der Waals surface area (Å²) in [6.45, 7) is 3.67. The molecular weight excluding hydrogens is 204 g/mol. The number of hydrogen-bond acceptors (Lipinski definition) is 4. The van der Waals surface area contributed by atoms with Crippen molar-refractivity contribution in [1.82, 2.24) is 5.43 Å². The number of carbonyl (C=O) groups is 1. The highest BCUT2D eigenvalue weighted by Crippen LogP contribution is 2.10. The van der Waals surface area contributed by atoms with Crippen LogP contribution in [0.1, 0.15) is 26.7 Å². The molecule has 88 valence electrons. The lowest BCUT2D eigenvalue weighted by molar-refractivity contribution is -0.553. The zero-order valence-corrected chi connectivity index (χ0v) is 8.71. The predicted molar refractivity (Wildman–Crippen MR) is 51.6 cm³/mol. The van der Waals surface area contributed by atoms with E-state index in [0.717, 1.165) is 0 Å². The number of nitrogens with one attached hydrogen (secondary N) is 1. The van der Waals surface area contributed by atoms with E-state index in [0.29, 0.717) is 6.42 Å². The van der Waals surface area contributed by atoms with Gasteiger partial charge in [-0.3, -0.25) is 4.79 Å². The van der Waals surface area contributed by atoms with Crippen molar-refractivity contribution in [2.45, 2.75) is 38.8 Å². The molecule has 3 N–H and O–H groups in total. The van der Waals surface area contributed by atoms with Gasteiger partial charge in [-0.15, -0.1) is 5.43 Å². The fourth-order valence-electron chi connectivity index (χ4n) is 1.26. The SMILES string of the molecule is CC(C)C[C@H](N[N+](=O)[O-])[C@@H](O)CC(=O)O. The largest absolute Gasteiger partial charge is 0.481 e. The van der Waals surface area contributed by atoms with E-state index >= 15 is 0 Å². The molecule has 7 heteroatoms. The molecule has 2 atom stereocenters. The van der Waals surface area contributed by atoms with E-state index in [1.807, 2.05) is 19.3 Å². The lowest BCUT2D eigenvalue weighted by atomic mass is 9.98. The first-order valence-electron chi connectivity index (χ1n) is 4.63. The second kappa shape index (κ2) is 6.18. The predicted octanol–water partition coefficient (Wildman–Crippen LogP) is 0.0180. The van der Waals surface area contributed by atoms with Gasteiger partial charge in [0.25, 0.3) is 0 Å². The lowest BCUT2D eigenvalue weighted by Crippen LogP contribution is -2.44. The van der Waals surface area contributed by atoms with E-state index in [2.05, 4.69) is 0 Å². The molecule has 0 rings (SSSR count). The van der Waals surface area contributed by atoms with Crippen LogP contribution in [0.2, 0.25) is 0 Å². The molecule has 0 aliphatic carbocycles. The molecule has 0 amide bonds. The number of aliphatic hydroxyl groups excluding tert-OH is 1. The van der Waals surface area contributed by atoms with Gasteiger partial charge in [-0.05, 0) is 12.3 Å². The average Bonchev–Trinajstić information content (AvgIpc) is 1.99. The fraction of sp³-hybridized carbons (Fsp3) is 0.875. The van der Waals surface area contributed by atoms with E-state index in [1.165, 1.54) is 0 Å². The first-order valence-corrected chi connectivity index (χ1v) is 4.63. The molecule has 0 aromatic rings. The van der Waals surface area contributed by atoms with Gasteiger partial charge in [0.05, 0.1) is 12.5 Å². The van der Waals surface area contributed by atoms with Crippen LogP contribution in [0.3, 0.4) is 0 Å². The number of hydrazine groups is 1. The maximum atomic E-state index is 10.3. The van der Waals surface area contributed by atoms with Crippen molar-refractivity contribution >= 4 is 5.97 Å². The molecule has 0 radical (unpaired) electrons. The number of carboxylic acid groups (broad SMARTS) is 1. The van der Waals surface area contributed by atoms with Gasteiger partial charge in [0, 0.05) is 0 Å². The molecule has 0 aromatic carbocycles. The fourth-order valence-corrected chi connectivity index (χ4v) is 1.26. The van der Waals surface area contributed by atoms with Gasteiger partial charge in [-0.1, -0.05) is 13.8 Å². The van der Waals surface area contributed by atoms with Crippen LogP contribution in [0.5, 0.6) is 0 Å². The van der Waals surface area contributed by atoms with Crippen molar-refractivity contribution in [3.8, 4) is 0 Å². The van der Waals surface area contributed by atoms with Crippen LogP contribution in [-0.2, 0) is 4.79 Å². The second-order valence-electron chi connectivity index (χ2n) is 3.79. The molecule has 0 saturated heterocycles. The van der Waals surface area contributed by atoms with Crippen molar-refractivity contribution in [1.29, 1.82) is 0 Å². The smallest absolute Gasteiger partial charge is 0.306 e. The van der Waals surface area contributed by atoms with Gasteiger partial charge in [0.1, 0.15) is 6.04 Å². The maximum Gasteiger partial charge on any atom is 0.306 e. The molecule has 15 heavy (non-hydrogen) atoms. The number of carboxylic acids is 1. The number of aliphatic hydroxyl groups is 1. The summed E-state index contributed by atoms with van der Waals surface area (Å²) in [5.41, 5.74) is 1.93. The highest BCUT2D eigenvalue weighted by molar-refractivity contribution is 5.67. The molecule has 0 fully saturated rings. The Bertz CT molecular complexity index is 231. The molecule has 7 nitrogen and oxygen atoms in total. The van der Waals surface area contributed by atoms with Crippen molar-refractivity contribution in [2.75, 3.05) is 0 Å². The van der Waals surface area contributed by atoms with Gasteiger partial charge >= 0.3 is 5.97 Å². The van der Waals surface area contributed by atoms with E-state index in [4.69, 9.17) is 5.11 Å². The van der Waals surface area contributed by atoms with E-state index < -0.39 is 29.6 Å².